The number of amides is 1. The zero-order valence-electron chi connectivity index (χ0n) is 15.9. The summed E-state index contributed by atoms with van der Waals surface area (Å²) >= 11 is 0. The minimum absolute atomic E-state index is 0.0371. The van der Waals surface area contributed by atoms with Crippen molar-refractivity contribution in [1.29, 1.82) is 0 Å². The number of nitrogens with one attached hydrogen (secondary N) is 2. The highest BCUT2D eigenvalue weighted by molar-refractivity contribution is 6.04. The van der Waals surface area contributed by atoms with Crippen LogP contribution in [0.25, 0.3) is 0 Å². The Morgan fingerprint density at radius 2 is 1.90 bits per heavy atom. The van der Waals surface area contributed by atoms with Crippen molar-refractivity contribution in [2.75, 3.05) is 12.4 Å². The predicted molar refractivity (Wildman–Crippen MR) is 94.6 cm³/mol. The Morgan fingerprint density at radius 3 is 2.45 bits per heavy atom. The second-order valence-corrected chi connectivity index (χ2v) is 6.55. The molecule has 2 heterocycles. The van der Waals surface area contributed by atoms with Gasteiger partial charge >= 0.3 is 12.4 Å². The van der Waals surface area contributed by atoms with E-state index in [1.165, 1.54) is 17.7 Å². The third-order valence-electron chi connectivity index (χ3n) is 4.45. The Balaban J connectivity index is 2.25. The molecule has 160 valence electrons. The molecule has 0 aliphatic heterocycles. The fourth-order valence-corrected chi connectivity index (χ4v) is 3.06. The molecule has 1 amide bonds. The quantitative estimate of drug-likeness (QED) is 0.690. The van der Waals surface area contributed by atoms with Crippen LogP contribution in [0.5, 0.6) is 0 Å². The molecular formula is C18H20F6N4O. The lowest BCUT2D eigenvalue weighted by Gasteiger charge is -2.19. The first-order valence-electron chi connectivity index (χ1n) is 8.58. The van der Waals surface area contributed by atoms with Crippen LogP contribution in [0.3, 0.4) is 0 Å². The van der Waals surface area contributed by atoms with E-state index in [-0.39, 0.29) is 24.2 Å². The fourth-order valence-electron chi connectivity index (χ4n) is 3.06. The van der Waals surface area contributed by atoms with Crippen LogP contribution in [0.15, 0.2) is 24.5 Å². The average molecular weight is 422 g/mol. The van der Waals surface area contributed by atoms with Crippen molar-refractivity contribution < 1.29 is 31.1 Å². The summed E-state index contributed by atoms with van der Waals surface area (Å²) in [6.45, 7) is 1.66. The van der Waals surface area contributed by atoms with E-state index in [0.717, 1.165) is 6.20 Å². The van der Waals surface area contributed by atoms with Gasteiger partial charge in [0, 0.05) is 25.1 Å². The largest absolute Gasteiger partial charge is 0.433 e. The third-order valence-corrected chi connectivity index (χ3v) is 4.45. The van der Waals surface area contributed by atoms with E-state index in [0.29, 0.717) is 17.2 Å². The number of hydrogen-bond acceptors (Lipinski definition) is 3. The second-order valence-electron chi connectivity index (χ2n) is 6.55. The minimum atomic E-state index is -4.67. The number of rotatable bonds is 6. The van der Waals surface area contributed by atoms with Crippen molar-refractivity contribution in [1.82, 2.24) is 14.9 Å². The molecule has 0 aliphatic carbocycles. The highest BCUT2D eigenvalue weighted by Crippen LogP contribution is 2.29. The highest BCUT2D eigenvalue weighted by atomic mass is 19.4. The first-order chi connectivity index (χ1) is 13.3. The van der Waals surface area contributed by atoms with Gasteiger partial charge in [-0.2, -0.15) is 26.3 Å². The molecule has 2 aromatic heterocycles. The van der Waals surface area contributed by atoms with Crippen molar-refractivity contribution >= 4 is 11.6 Å². The van der Waals surface area contributed by atoms with Gasteiger partial charge in [0.2, 0.25) is 0 Å². The number of hydrogen-bond donors (Lipinski definition) is 2. The fraction of sp³-hybridized carbons (Fsp3) is 0.444. The molecule has 2 rings (SSSR count). The molecule has 0 fully saturated rings. The SMILES string of the molecule is CNC(CCc1c(C)cn(C)c1C(=O)Nc1ccnc(C(F)(F)F)c1)C(F)(F)F. The zero-order valence-corrected chi connectivity index (χ0v) is 15.9. The molecular weight excluding hydrogens is 402 g/mol. The third kappa shape index (κ3) is 5.49. The van der Waals surface area contributed by atoms with E-state index in [2.05, 4.69) is 15.6 Å². The zero-order chi connectivity index (χ0) is 22.0. The van der Waals surface area contributed by atoms with Gasteiger partial charge in [0.15, 0.2) is 0 Å². The van der Waals surface area contributed by atoms with E-state index in [4.69, 9.17) is 0 Å². The van der Waals surface area contributed by atoms with Crippen LogP contribution in [-0.4, -0.2) is 34.7 Å². The molecule has 11 heteroatoms. The van der Waals surface area contributed by atoms with Gasteiger partial charge in [0.05, 0.1) is 0 Å². The molecule has 2 aromatic rings. The van der Waals surface area contributed by atoms with Crippen LogP contribution in [0.4, 0.5) is 32.0 Å². The van der Waals surface area contributed by atoms with Gasteiger partial charge in [-0.3, -0.25) is 9.78 Å². The van der Waals surface area contributed by atoms with Gasteiger partial charge in [0.25, 0.3) is 5.91 Å². The number of halogens is 6. The summed E-state index contributed by atoms with van der Waals surface area (Å²) in [6.07, 6.45) is -6.95. The normalized spacial score (nSPS) is 13.4. The standard InChI is InChI=1S/C18H20F6N4O/c1-10-9-28(3)15(12(10)4-5-13(25-2)17(19,20)21)16(29)27-11-6-7-26-14(8-11)18(22,23)24/h6-9,13,25H,4-5H2,1-3H3,(H,26,27,29). The maximum Gasteiger partial charge on any atom is 0.433 e. The number of carbonyl (C=O) groups is 1. The van der Waals surface area contributed by atoms with Crippen molar-refractivity contribution in [2.24, 2.45) is 7.05 Å². The first kappa shape index (κ1) is 22.7. The number of aromatic nitrogens is 2. The van der Waals surface area contributed by atoms with Gasteiger partial charge in [-0.1, -0.05) is 0 Å². The van der Waals surface area contributed by atoms with Crippen molar-refractivity contribution in [3.8, 4) is 0 Å². The second kappa shape index (κ2) is 8.44. The molecule has 1 atom stereocenters. The summed E-state index contributed by atoms with van der Waals surface area (Å²) < 4.78 is 78.7. The van der Waals surface area contributed by atoms with Crippen LogP contribution in [-0.2, 0) is 19.6 Å². The molecule has 0 aromatic carbocycles. The summed E-state index contributed by atoms with van der Waals surface area (Å²) in [4.78, 5) is 15.9. The molecule has 0 bridgehead atoms. The Labute approximate surface area is 163 Å². The lowest BCUT2D eigenvalue weighted by Crippen LogP contribution is -2.40. The van der Waals surface area contributed by atoms with Crippen LogP contribution in [0.1, 0.15) is 33.7 Å². The Hall–Kier alpha value is -2.56. The molecule has 0 spiro atoms. The molecule has 2 N–H and O–H groups in total. The van der Waals surface area contributed by atoms with Crippen LogP contribution in [0, 0.1) is 6.92 Å². The van der Waals surface area contributed by atoms with E-state index in [1.54, 1.807) is 20.2 Å². The maximum atomic E-state index is 13.0. The number of alkyl halides is 6. The van der Waals surface area contributed by atoms with E-state index in [9.17, 15) is 31.1 Å². The number of nitrogens with zero attached hydrogens (tertiary/aromatic N) is 2. The van der Waals surface area contributed by atoms with Crippen LogP contribution in [0.2, 0.25) is 0 Å². The first-order valence-corrected chi connectivity index (χ1v) is 8.58. The summed E-state index contributed by atoms with van der Waals surface area (Å²) in [5, 5.41) is 4.56. The van der Waals surface area contributed by atoms with Crippen molar-refractivity contribution in [3.63, 3.8) is 0 Å². The van der Waals surface area contributed by atoms with Gasteiger partial charge < -0.3 is 15.2 Å². The van der Waals surface area contributed by atoms with Gasteiger partial charge in [-0.15, -0.1) is 0 Å². The number of pyridine rings is 1. The number of aryl methyl sites for hydroxylation is 2. The molecule has 0 aliphatic rings. The van der Waals surface area contributed by atoms with Crippen LogP contribution >= 0.6 is 0 Å². The molecule has 29 heavy (non-hydrogen) atoms. The number of carbonyl (C=O) groups excluding carboxylic acids is 1. The number of anilines is 1. The minimum Gasteiger partial charge on any atom is -0.346 e. The summed E-state index contributed by atoms with van der Waals surface area (Å²) in [5.41, 5.74) is -0.184. The lowest BCUT2D eigenvalue weighted by atomic mass is 10.0. The molecule has 1 unspecified atom stereocenters. The lowest BCUT2D eigenvalue weighted by molar-refractivity contribution is -0.155. The summed E-state index contributed by atoms with van der Waals surface area (Å²) in [6, 6.07) is 0.143. The van der Waals surface area contributed by atoms with Crippen LogP contribution < -0.4 is 10.6 Å². The van der Waals surface area contributed by atoms with Gasteiger partial charge in [-0.25, -0.2) is 0 Å². The Kier molecular flexibility index (Phi) is 6.61. The summed E-state index contributed by atoms with van der Waals surface area (Å²) in [5.74, 6) is -0.719. The molecule has 0 saturated heterocycles. The van der Waals surface area contributed by atoms with E-state index < -0.39 is 30.0 Å². The van der Waals surface area contributed by atoms with Crippen molar-refractivity contribution in [3.05, 3.63) is 47.0 Å². The topological polar surface area (TPSA) is 59.0 Å². The van der Waals surface area contributed by atoms with Crippen molar-refractivity contribution in [2.45, 2.75) is 38.2 Å². The van der Waals surface area contributed by atoms with E-state index in [1.807, 2.05) is 0 Å². The smallest absolute Gasteiger partial charge is 0.346 e. The Morgan fingerprint density at radius 1 is 1.24 bits per heavy atom. The predicted octanol–water partition coefficient (Wildman–Crippen LogP) is 4.08. The monoisotopic (exact) mass is 422 g/mol. The maximum absolute atomic E-state index is 13.0. The molecule has 0 radical (unpaired) electrons. The molecule has 0 saturated carbocycles. The van der Waals surface area contributed by atoms with Gasteiger partial charge in [-0.05, 0) is 50.1 Å². The summed E-state index contributed by atoms with van der Waals surface area (Å²) in [7, 11) is 2.74. The van der Waals surface area contributed by atoms with E-state index >= 15 is 0 Å². The Bertz CT molecular complexity index is 872. The average Bonchev–Trinajstić information content (AvgIpc) is 2.87. The van der Waals surface area contributed by atoms with Gasteiger partial charge in [0.1, 0.15) is 17.4 Å². The molecule has 5 nitrogen and oxygen atoms in total. The highest BCUT2D eigenvalue weighted by Gasteiger charge is 2.38.